The van der Waals surface area contributed by atoms with Crippen LogP contribution in [0, 0.1) is 17.2 Å². The van der Waals surface area contributed by atoms with Crippen molar-refractivity contribution >= 4 is 17.7 Å². The molecule has 0 saturated carbocycles. The van der Waals surface area contributed by atoms with Crippen molar-refractivity contribution in [3.05, 3.63) is 35.4 Å². The average Bonchev–Trinajstić information content (AvgIpc) is 2.51. The van der Waals surface area contributed by atoms with Gasteiger partial charge < -0.3 is 16.4 Å². The van der Waals surface area contributed by atoms with E-state index < -0.39 is 23.8 Å². The van der Waals surface area contributed by atoms with Crippen molar-refractivity contribution in [2.75, 3.05) is 6.54 Å². The maximum atomic E-state index is 12.2. The van der Waals surface area contributed by atoms with Crippen LogP contribution in [0.1, 0.15) is 41.0 Å². The fraction of sp³-hybridized carbons (Fsp3) is 0.375. The number of nitriles is 1. The molecule has 7 nitrogen and oxygen atoms in total. The molecular weight excluding hydrogens is 296 g/mol. The summed E-state index contributed by atoms with van der Waals surface area (Å²) in [6.07, 6.45) is 0.447. The van der Waals surface area contributed by atoms with Gasteiger partial charge in [0.05, 0.1) is 6.07 Å². The maximum absolute atomic E-state index is 12.2. The van der Waals surface area contributed by atoms with Crippen molar-refractivity contribution in [3.63, 3.8) is 0 Å². The summed E-state index contributed by atoms with van der Waals surface area (Å²) in [5.74, 6) is -1.22. The third-order valence-electron chi connectivity index (χ3n) is 3.10. The Morgan fingerprint density at radius 1 is 1.17 bits per heavy atom. The number of primary amides is 1. The van der Waals surface area contributed by atoms with Gasteiger partial charge in [0.25, 0.3) is 5.91 Å². The highest BCUT2D eigenvalue weighted by atomic mass is 16.2. The Balaban J connectivity index is 2.81. The smallest absolute Gasteiger partial charge is 0.251 e. The number of amides is 3. The highest BCUT2D eigenvalue weighted by molar-refractivity contribution is 5.99. The van der Waals surface area contributed by atoms with E-state index >= 15 is 0 Å². The second kappa shape index (κ2) is 8.54. The first-order valence-electron chi connectivity index (χ1n) is 7.20. The molecule has 0 aliphatic rings. The minimum atomic E-state index is -0.730. The number of benzene rings is 1. The first kappa shape index (κ1) is 18.2. The SMILES string of the molecule is CC(C)CC(NC(=O)c1ccc(C(N)=O)cc1)C(=O)NCC#N. The number of hydrogen-bond donors (Lipinski definition) is 3. The van der Waals surface area contributed by atoms with Gasteiger partial charge in [-0.05, 0) is 36.6 Å². The molecule has 0 bridgehead atoms. The Kier molecular flexibility index (Phi) is 6.74. The molecule has 0 aliphatic carbocycles. The number of nitrogens with zero attached hydrogens (tertiary/aromatic N) is 1. The molecule has 0 aromatic heterocycles. The zero-order valence-corrected chi connectivity index (χ0v) is 13.1. The van der Waals surface area contributed by atoms with E-state index in [0.717, 1.165) is 0 Å². The molecule has 0 radical (unpaired) electrons. The van der Waals surface area contributed by atoms with Gasteiger partial charge in [0.2, 0.25) is 11.8 Å². The van der Waals surface area contributed by atoms with Crippen molar-refractivity contribution in [2.45, 2.75) is 26.3 Å². The van der Waals surface area contributed by atoms with Gasteiger partial charge in [-0.15, -0.1) is 0 Å². The van der Waals surface area contributed by atoms with Crippen LogP contribution < -0.4 is 16.4 Å². The molecule has 122 valence electrons. The summed E-state index contributed by atoms with van der Waals surface area (Å²) < 4.78 is 0. The minimum absolute atomic E-state index is 0.114. The van der Waals surface area contributed by atoms with Crippen LogP contribution in [0.2, 0.25) is 0 Å². The normalized spacial score (nSPS) is 11.4. The van der Waals surface area contributed by atoms with Crippen LogP contribution in [0.3, 0.4) is 0 Å². The van der Waals surface area contributed by atoms with Gasteiger partial charge in [-0.25, -0.2) is 0 Å². The van der Waals surface area contributed by atoms with E-state index in [0.29, 0.717) is 17.5 Å². The summed E-state index contributed by atoms with van der Waals surface area (Å²) in [5, 5.41) is 13.6. The third kappa shape index (κ3) is 5.79. The Morgan fingerprint density at radius 3 is 2.22 bits per heavy atom. The summed E-state index contributed by atoms with van der Waals surface area (Å²) in [6.45, 7) is 3.74. The molecule has 3 amide bonds. The van der Waals surface area contributed by atoms with Gasteiger partial charge >= 0.3 is 0 Å². The summed E-state index contributed by atoms with van der Waals surface area (Å²) in [5.41, 5.74) is 5.76. The van der Waals surface area contributed by atoms with E-state index in [4.69, 9.17) is 11.0 Å². The summed E-state index contributed by atoms with van der Waals surface area (Å²) in [4.78, 5) is 35.2. The molecule has 1 rings (SSSR count). The Labute approximate surface area is 134 Å². The van der Waals surface area contributed by atoms with Crippen LogP contribution in [-0.2, 0) is 4.79 Å². The highest BCUT2D eigenvalue weighted by Crippen LogP contribution is 2.08. The van der Waals surface area contributed by atoms with Crippen LogP contribution in [-0.4, -0.2) is 30.3 Å². The predicted molar refractivity (Wildman–Crippen MR) is 84.3 cm³/mol. The van der Waals surface area contributed by atoms with Crippen molar-refractivity contribution in [2.24, 2.45) is 11.7 Å². The summed E-state index contributed by atoms with van der Waals surface area (Å²) >= 11 is 0. The van der Waals surface area contributed by atoms with Crippen molar-refractivity contribution in [1.82, 2.24) is 10.6 Å². The average molecular weight is 316 g/mol. The van der Waals surface area contributed by atoms with Crippen molar-refractivity contribution in [1.29, 1.82) is 5.26 Å². The second-order valence-electron chi connectivity index (χ2n) is 5.47. The lowest BCUT2D eigenvalue weighted by molar-refractivity contribution is -0.123. The number of carbonyl (C=O) groups excluding carboxylic acids is 3. The van der Waals surface area contributed by atoms with Gasteiger partial charge in [0, 0.05) is 11.1 Å². The van der Waals surface area contributed by atoms with Gasteiger partial charge in [-0.3, -0.25) is 14.4 Å². The molecule has 1 aromatic rings. The van der Waals surface area contributed by atoms with Crippen LogP contribution in [0.15, 0.2) is 24.3 Å². The van der Waals surface area contributed by atoms with Gasteiger partial charge in [0.1, 0.15) is 12.6 Å². The summed E-state index contributed by atoms with van der Waals surface area (Å²) in [7, 11) is 0. The Hall–Kier alpha value is -2.88. The van der Waals surface area contributed by atoms with E-state index in [1.54, 1.807) is 0 Å². The zero-order valence-electron chi connectivity index (χ0n) is 13.1. The topological polar surface area (TPSA) is 125 Å². The first-order valence-corrected chi connectivity index (χ1v) is 7.20. The second-order valence-corrected chi connectivity index (χ2v) is 5.47. The number of rotatable bonds is 7. The van der Waals surface area contributed by atoms with Crippen LogP contribution >= 0.6 is 0 Å². The third-order valence-corrected chi connectivity index (χ3v) is 3.10. The molecule has 23 heavy (non-hydrogen) atoms. The molecule has 0 spiro atoms. The van der Waals surface area contributed by atoms with Crippen molar-refractivity contribution in [3.8, 4) is 6.07 Å². The standard InChI is InChI=1S/C16H20N4O3/c1-10(2)9-13(16(23)19-8-7-17)20-15(22)12-5-3-11(4-6-12)14(18)21/h3-6,10,13H,8-9H2,1-2H3,(H2,18,21)(H,19,23)(H,20,22). The van der Waals surface area contributed by atoms with Crippen LogP contribution in [0.5, 0.6) is 0 Å². The molecule has 4 N–H and O–H groups in total. The van der Waals surface area contributed by atoms with Gasteiger partial charge in [-0.2, -0.15) is 5.26 Å². The number of nitrogens with two attached hydrogens (primary N) is 1. The Bertz CT molecular complexity index is 617. The summed E-state index contributed by atoms with van der Waals surface area (Å²) in [6, 6.07) is 6.92. The van der Waals surface area contributed by atoms with E-state index in [1.807, 2.05) is 19.9 Å². The molecule has 0 fully saturated rings. The van der Waals surface area contributed by atoms with E-state index in [1.165, 1.54) is 24.3 Å². The molecule has 7 heteroatoms. The zero-order chi connectivity index (χ0) is 17.4. The van der Waals surface area contributed by atoms with Crippen LogP contribution in [0.25, 0.3) is 0 Å². The number of nitrogens with one attached hydrogen (secondary N) is 2. The van der Waals surface area contributed by atoms with Gasteiger partial charge in [0.15, 0.2) is 0 Å². The largest absolute Gasteiger partial charge is 0.366 e. The van der Waals surface area contributed by atoms with Crippen molar-refractivity contribution < 1.29 is 14.4 Å². The highest BCUT2D eigenvalue weighted by Gasteiger charge is 2.22. The first-order chi connectivity index (χ1) is 10.8. The predicted octanol–water partition coefficient (Wildman–Crippen LogP) is 0.570. The fourth-order valence-corrected chi connectivity index (χ4v) is 1.98. The minimum Gasteiger partial charge on any atom is -0.366 e. The van der Waals surface area contributed by atoms with E-state index in [-0.39, 0.29) is 12.5 Å². The monoisotopic (exact) mass is 316 g/mol. The molecule has 0 aliphatic heterocycles. The molecule has 1 atom stereocenters. The molecule has 1 aromatic carbocycles. The lowest BCUT2D eigenvalue weighted by Crippen LogP contribution is -2.47. The van der Waals surface area contributed by atoms with Gasteiger partial charge in [-0.1, -0.05) is 13.8 Å². The van der Waals surface area contributed by atoms with E-state index in [9.17, 15) is 14.4 Å². The van der Waals surface area contributed by atoms with Crippen LogP contribution in [0.4, 0.5) is 0 Å². The molecule has 0 saturated heterocycles. The Morgan fingerprint density at radius 2 is 1.74 bits per heavy atom. The molecule has 0 heterocycles. The maximum Gasteiger partial charge on any atom is 0.251 e. The lowest BCUT2D eigenvalue weighted by Gasteiger charge is -2.19. The quantitative estimate of drug-likeness (QED) is 0.636. The van der Waals surface area contributed by atoms with E-state index in [2.05, 4.69) is 10.6 Å². The lowest BCUT2D eigenvalue weighted by atomic mass is 10.0. The molecule has 1 unspecified atom stereocenters. The number of carbonyl (C=O) groups is 3. The number of hydrogen-bond acceptors (Lipinski definition) is 4. The fourth-order valence-electron chi connectivity index (χ4n) is 1.98. The molecular formula is C16H20N4O3.